The van der Waals surface area contributed by atoms with Crippen LogP contribution < -0.4 is 0 Å². The van der Waals surface area contributed by atoms with Crippen LogP contribution in [0.2, 0.25) is 0 Å². The van der Waals surface area contributed by atoms with Crippen molar-refractivity contribution in [3.05, 3.63) is 35.6 Å². The van der Waals surface area contributed by atoms with Gasteiger partial charge in [-0.05, 0) is 6.92 Å². The number of carbonyl (C=O) groups excluding carboxylic acids is 1. The van der Waals surface area contributed by atoms with Gasteiger partial charge in [0.05, 0.1) is 0 Å². The number of fused-ring (bicyclic) bond motifs is 1. The van der Waals surface area contributed by atoms with Crippen LogP contribution in [-0.4, -0.2) is 12.1 Å². The van der Waals surface area contributed by atoms with Gasteiger partial charge in [-0.1, -0.05) is 31.2 Å². The minimum absolute atomic E-state index is 0.298. The highest BCUT2D eigenvalue weighted by molar-refractivity contribution is 5.84. The number of ether oxygens (including phenoxy) is 1. The highest BCUT2D eigenvalue weighted by Crippen LogP contribution is 2.36. The van der Waals surface area contributed by atoms with Crippen LogP contribution >= 0.6 is 0 Å². The number of hydrogen-bond donors (Lipinski definition) is 0. The van der Waals surface area contributed by atoms with Gasteiger partial charge >= 0.3 is 5.97 Å². The standard InChI is InChI=1S/C12H13FO2/c1-7(8(2)13)11-9-5-3-4-6-10(9)12(14)15-11/h3-8,10H,1-2H3. The van der Waals surface area contributed by atoms with E-state index >= 15 is 0 Å². The Hall–Kier alpha value is -1.38. The zero-order valence-electron chi connectivity index (χ0n) is 8.74. The molecule has 0 saturated carbocycles. The topological polar surface area (TPSA) is 26.3 Å². The molecule has 0 saturated heterocycles. The van der Waals surface area contributed by atoms with Crippen molar-refractivity contribution < 1.29 is 13.9 Å². The monoisotopic (exact) mass is 208 g/mol. The first-order valence-corrected chi connectivity index (χ1v) is 5.06. The fraction of sp³-hybridized carbons (Fsp3) is 0.417. The molecule has 0 fully saturated rings. The summed E-state index contributed by atoms with van der Waals surface area (Å²) in [6.07, 6.45) is 6.23. The maximum absolute atomic E-state index is 13.2. The number of rotatable bonds is 2. The Labute approximate surface area is 88.1 Å². The summed E-state index contributed by atoms with van der Waals surface area (Å²) in [4.78, 5) is 11.5. The molecule has 0 spiro atoms. The first-order valence-electron chi connectivity index (χ1n) is 5.06. The van der Waals surface area contributed by atoms with Crippen molar-refractivity contribution in [3.8, 4) is 0 Å². The fourth-order valence-corrected chi connectivity index (χ4v) is 1.78. The summed E-state index contributed by atoms with van der Waals surface area (Å²) in [7, 11) is 0. The molecular weight excluding hydrogens is 195 g/mol. The van der Waals surface area contributed by atoms with Crippen LogP contribution in [0, 0.1) is 11.8 Å². The summed E-state index contributed by atoms with van der Waals surface area (Å²) in [6, 6.07) is 0. The summed E-state index contributed by atoms with van der Waals surface area (Å²) in [5.74, 6) is -0.509. The highest BCUT2D eigenvalue weighted by Gasteiger charge is 2.36. The molecule has 3 heteroatoms. The molecule has 0 amide bonds. The molecule has 80 valence electrons. The third-order valence-electron chi connectivity index (χ3n) is 2.88. The van der Waals surface area contributed by atoms with Crippen molar-refractivity contribution in [2.45, 2.75) is 20.0 Å². The summed E-state index contributed by atoms with van der Waals surface area (Å²) in [6.45, 7) is 3.20. The van der Waals surface area contributed by atoms with Crippen LogP contribution in [0.1, 0.15) is 13.8 Å². The fourth-order valence-electron chi connectivity index (χ4n) is 1.78. The van der Waals surface area contributed by atoms with Crippen LogP contribution in [0.15, 0.2) is 35.6 Å². The van der Waals surface area contributed by atoms with Crippen LogP contribution in [0.25, 0.3) is 0 Å². The third kappa shape index (κ3) is 1.62. The van der Waals surface area contributed by atoms with Gasteiger partial charge in [0.2, 0.25) is 0 Å². The number of esters is 1. The molecule has 2 aliphatic rings. The smallest absolute Gasteiger partial charge is 0.322 e. The number of halogens is 1. The average Bonchev–Trinajstić information content (AvgIpc) is 2.56. The van der Waals surface area contributed by atoms with Crippen molar-refractivity contribution >= 4 is 5.97 Å². The maximum atomic E-state index is 13.2. The minimum atomic E-state index is -1.02. The Morgan fingerprint density at radius 2 is 2.13 bits per heavy atom. The molecule has 0 N–H and O–H groups in total. The molecule has 0 aromatic carbocycles. The van der Waals surface area contributed by atoms with Gasteiger partial charge in [-0.3, -0.25) is 4.79 Å². The predicted molar refractivity (Wildman–Crippen MR) is 54.6 cm³/mol. The van der Waals surface area contributed by atoms with Gasteiger partial charge in [0.15, 0.2) is 0 Å². The molecule has 0 bridgehead atoms. The number of cyclic esters (lactones) is 1. The molecule has 3 atom stereocenters. The van der Waals surface area contributed by atoms with Gasteiger partial charge in [-0.25, -0.2) is 4.39 Å². The Morgan fingerprint density at radius 1 is 1.40 bits per heavy atom. The second-order valence-corrected chi connectivity index (χ2v) is 3.93. The molecule has 1 aliphatic carbocycles. The molecule has 3 unspecified atom stereocenters. The van der Waals surface area contributed by atoms with E-state index in [0.29, 0.717) is 5.76 Å². The van der Waals surface area contributed by atoms with Crippen molar-refractivity contribution in [1.82, 2.24) is 0 Å². The van der Waals surface area contributed by atoms with E-state index in [2.05, 4.69) is 0 Å². The number of carbonyl (C=O) groups is 1. The summed E-state index contributed by atoms with van der Waals surface area (Å²) >= 11 is 0. The SMILES string of the molecule is CC(F)C(C)C1=C2C=CC=CC2C(=O)O1. The molecular formula is C12H13FO2. The third-order valence-corrected chi connectivity index (χ3v) is 2.88. The lowest BCUT2D eigenvalue weighted by molar-refractivity contribution is -0.139. The summed E-state index contributed by atoms with van der Waals surface area (Å²) < 4.78 is 18.3. The average molecular weight is 208 g/mol. The van der Waals surface area contributed by atoms with E-state index in [1.54, 1.807) is 13.0 Å². The van der Waals surface area contributed by atoms with Crippen LogP contribution in [-0.2, 0) is 9.53 Å². The van der Waals surface area contributed by atoms with Gasteiger partial charge in [-0.2, -0.15) is 0 Å². The van der Waals surface area contributed by atoms with E-state index in [1.807, 2.05) is 18.2 Å². The second kappa shape index (κ2) is 3.65. The van der Waals surface area contributed by atoms with Crippen molar-refractivity contribution in [3.63, 3.8) is 0 Å². The highest BCUT2D eigenvalue weighted by atomic mass is 19.1. The lowest BCUT2D eigenvalue weighted by Gasteiger charge is -2.14. The van der Waals surface area contributed by atoms with Crippen molar-refractivity contribution in [1.29, 1.82) is 0 Å². The normalized spacial score (nSPS) is 27.7. The van der Waals surface area contributed by atoms with Crippen molar-refractivity contribution in [2.75, 3.05) is 0 Å². The molecule has 1 aliphatic heterocycles. The van der Waals surface area contributed by atoms with Gasteiger partial charge in [0, 0.05) is 11.5 Å². The Kier molecular flexibility index (Phi) is 2.47. The number of hydrogen-bond acceptors (Lipinski definition) is 2. The molecule has 15 heavy (non-hydrogen) atoms. The van der Waals surface area contributed by atoms with Crippen LogP contribution in [0.3, 0.4) is 0 Å². The van der Waals surface area contributed by atoms with Gasteiger partial charge in [0.1, 0.15) is 17.8 Å². The van der Waals surface area contributed by atoms with Gasteiger partial charge < -0.3 is 4.74 Å². The van der Waals surface area contributed by atoms with Gasteiger partial charge in [0.25, 0.3) is 0 Å². The van der Waals surface area contributed by atoms with Crippen LogP contribution in [0.4, 0.5) is 4.39 Å². The van der Waals surface area contributed by atoms with Crippen molar-refractivity contribution in [2.24, 2.45) is 11.8 Å². The lowest BCUT2D eigenvalue weighted by Crippen LogP contribution is -2.13. The maximum Gasteiger partial charge on any atom is 0.322 e. The summed E-state index contributed by atoms with van der Waals surface area (Å²) in [5, 5.41) is 0. The Morgan fingerprint density at radius 3 is 2.80 bits per heavy atom. The quantitative estimate of drug-likeness (QED) is 0.652. The van der Waals surface area contributed by atoms with E-state index < -0.39 is 6.17 Å². The lowest BCUT2D eigenvalue weighted by atomic mass is 9.91. The van der Waals surface area contributed by atoms with Crippen LogP contribution in [0.5, 0.6) is 0 Å². The first kappa shape index (κ1) is 10.1. The van der Waals surface area contributed by atoms with Gasteiger partial charge in [-0.15, -0.1) is 0 Å². The number of allylic oxidation sites excluding steroid dienone is 4. The Balaban J connectivity index is 2.36. The minimum Gasteiger partial charge on any atom is -0.430 e. The molecule has 0 radical (unpaired) electrons. The first-order chi connectivity index (χ1) is 7.11. The van der Waals surface area contributed by atoms with E-state index in [9.17, 15) is 9.18 Å². The molecule has 1 heterocycles. The zero-order chi connectivity index (χ0) is 11.0. The summed E-state index contributed by atoms with van der Waals surface area (Å²) in [5.41, 5.74) is 0.805. The molecule has 0 aromatic heterocycles. The van der Waals surface area contributed by atoms with E-state index in [4.69, 9.17) is 4.74 Å². The second-order valence-electron chi connectivity index (χ2n) is 3.93. The van der Waals surface area contributed by atoms with E-state index in [0.717, 1.165) is 5.57 Å². The zero-order valence-corrected chi connectivity index (χ0v) is 8.74. The molecule has 0 aromatic rings. The largest absolute Gasteiger partial charge is 0.430 e. The van der Waals surface area contributed by atoms with E-state index in [1.165, 1.54) is 6.92 Å². The molecule has 2 nitrogen and oxygen atoms in total. The predicted octanol–water partition coefficient (Wildman–Crippen LogP) is 2.53. The van der Waals surface area contributed by atoms with E-state index in [-0.39, 0.29) is 17.8 Å². The molecule has 2 rings (SSSR count). The number of alkyl halides is 1. The Bertz CT molecular complexity index is 377.